The third-order valence-electron chi connectivity index (χ3n) is 1.83. The molecule has 1 rings (SSSR count). The van der Waals surface area contributed by atoms with Crippen LogP contribution in [0.5, 0.6) is 0 Å². The van der Waals surface area contributed by atoms with Crippen LogP contribution in [0.3, 0.4) is 0 Å². The molecule has 3 N–H and O–H groups in total. The van der Waals surface area contributed by atoms with Crippen molar-refractivity contribution in [1.29, 1.82) is 0 Å². The van der Waals surface area contributed by atoms with E-state index >= 15 is 0 Å². The highest BCUT2D eigenvalue weighted by atomic mass is 16.1. The Morgan fingerprint density at radius 2 is 2.31 bits per heavy atom. The van der Waals surface area contributed by atoms with Crippen LogP contribution in [0.2, 0.25) is 0 Å². The van der Waals surface area contributed by atoms with E-state index in [9.17, 15) is 4.79 Å². The van der Waals surface area contributed by atoms with Crippen molar-refractivity contribution in [1.82, 2.24) is 10.3 Å². The first kappa shape index (κ1) is 12.1. The first-order valence-electron chi connectivity index (χ1n) is 5.05. The fourth-order valence-electron chi connectivity index (χ4n) is 1.21. The number of hydrogen-bond acceptors (Lipinski definition) is 3. The number of pyridine rings is 1. The number of aryl methyl sites for hydroxylation is 1. The first-order chi connectivity index (χ1) is 7.58. The van der Waals surface area contributed by atoms with Crippen molar-refractivity contribution >= 4 is 11.7 Å². The number of rotatable bonds is 2. The van der Waals surface area contributed by atoms with Crippen LogP contribution >= 0.6 is 0 Å². The minimum atomic E-state index is -0.0419. The zero-order valence-corrected chi connectivity index (χ0v) is 9.50. The third kappa shape index (κ3) is 4.47. The molecule has 0 aliphatic rings. The number of nitrogens with zero attached hydrogens (tertiary/aromatic N) is 1. The summed E-state index contributed by atoms with van der Waals surface area (Å²) in [5.74, 6) is 6.27. The van der Waals surface area contributed by atoms with Gasteiger partial charge in [-0.25, -0.2) is 4.98 Å². The van der Waals surface area contributed by atoms with Crippen molar-refractivity contribution < 1.29 is 4.79 Å². The minimum absolute atomic E-state index is 0.0419. The van der Waals surface area contributed by atoms with E-state index in [0.717, 1.165) is 5.56 Å². The fraction of sp³-hybridized carbons (Fsp3) is 0.333. The van der Waals surface area contributed by atoms with Gasteiger partial charge in [-0.2, -0.15) is 0 Å². The van der Waals surface area contributed by atoms with Gasteiger partial charge in [0.1, 0.15) is 11.5 Å². The standard InChI is InChI=1S/C12H15N3O/c1-9-7-11(15-12(13)8-9)5-3-4-6-14-10(2)16/h7-8H,4,6H2,1-2H3,(H2,13,15)(H,14,16). The summed E-state index contributed by atoms with van der Waals surface area (Å²) in [6.07, 6.45) is 0.606. The maximum Gasteiger partial charge on any atom is 0.216 e. The monoisotopic (exact) mass is 217 g/mol. The number of nitrogens with two attached hydrogens (primary N) is 1. The molecule has 0 atom stereocenters. The van der Waals surface area contributed by atoms with Crippen LogP contribution in [0.1, 0.15) is 24.6 Å². The Labute approximate surface area is 95.3 Å². The largest absolute Gasteiger partial charge is 0.384 e. The van der Waals surface area contributed by atoms with Crippen molar-refractivity contribution in [2.24, 2.45) is 0 Å². The molecule has 0 fully saturated rings. The van der Waals surface area contributed by atoms with Gasteiger partial charge in [-0.1, -0.05) is 5.92 Å². The molecular weight excluding hydrogens is 202 g/mol. The van der Waals surface area contributed by atoms with Gasteiger partial charge in [0.05, 0.1) is 0 Å². The smallest absolute Gasteiger partial charge is 0.216 e. The predicted octanol–water partition coefficient (Wildman–Crippen LogP) is 0.850. The molecule has 16 heavy (non-hydrogen) atoms. The second kappa shape index (κ2) is 5.76. The highest BCUT2D eigenvalue weighted by Gasteiger charge is 1.93. The lowest BCUT2D eigenvalue weighted by molar-refractivity contribution is -0.118. The summed E-state index contributed by atoms with van der Waals surface area (Å²) in [6.45, 7) is 3.99. The van der Waals surface area contributed by atoms with Gasteiger partial charge in [-0.15, -0.1) is 0 Å². The van der Waals surface area contributed by atoms with Crippen LogP contribution in [0.15, 0.2) is 12.1 Å². The van der Waals surface area contributed by atoms with Crippen molar-refractivity contribution in [3.8, 4) is 11.8 Å². The molecule has 0 aromatic carbocycles. The second-order valence-corrected chi connectivity index (χ2v) is 3.49. The molecule has 0 saturated carbocycles. The lowest BCUT2D eigenvalue weighted by Gasteiger charge is -1.97. The zero-order valence-electron chi connectivity index (χ0n) is 9.50. The number of hydrogen-bond donors (Lipinski definition) is 2. The number of amides is 1. The Kier molecular flexibility index (Phi) is 4.34. The van der Waals surface area contributed by atoms with Gasteiger partial charge >= 0.3 is 0 Å². The van der Waals surface area contributed by atoms with Gasteiger partial charge in [-0.3, -0.25) is 4.79 Å². The Morgan fingerprint density at radius 3 is 2.94 bits per heavy atom. The molecule has 0 aliphatic heterocycles. The summed E-state index contributed by atoms with van der Waals surface area (Å²) in [6, 6.07) is 3.67. The number of nitrogen functional groups attached to an aromatic ring is 1. The predicted molar refractivity (Wildman–Crippen MR) is 63.6 cm³/mol. The van der Waals surface area contributed by atoms with Crippen molar-refractivity contribution in [3.05, 3.63) is 23.4 Å². The van der Waals surface area contributed by atoms with Gasteiger partial charge in [0.15, 0.2) is 0 Å². The van der Waals surface area contributed by atoms with E-state index in [-0.39, 0.29) is 5.91 Å². The lowest BCUT2D eigenvalue weighted by Crippen LogP contribution is -2.20. The normalized spacial score (nSPS) is 9.12. The zero-order chi connectivity index (χ0) is 12.0. The molecule has 0 saturated heterocycles. The number of aromatic nitrogens is 1. The molecule has 4 heteroatoms. The van der Waals surface area contributed by atoms with Gasteiger partial charge in [0, 0.05) is 19.9 Å². The van der Waals surface area contributed by atoms with E-state index in [0.29, 0.717) is 24.5 Å². The van der Waals surface area contributed by atoms with Crippen molar-refractivity contribution in [2.45, 2.75) is 20.3 Å². The van der Waals surface area contributed by atoms with E-state index in [4.69, 9.17) is 5.73 Å². The highest BCUT2D eigenvalue weighted by molar-refractivity contribution is 5.72. The Balaban J connectivity index is 2.53. The second-order valence-electron chi connectivity index (χ2n) is 3.49. The molecule has 1 aromatic rings. The molecule has 84 valence electrons. The number of nitrogens with one attached hydrogen (secondary N) is 1. The number of anilines is 1. The molecular formula is C12H15N3O. The maximum absolute atomic E-state index is 10.6. The van der Waals surface area contributed by atoms with Crippen LogP contribution in [-0.4, -0.2) is 17.4 Å². The first-order valence-corrected chi connectivity index (χ1v) is 5.05. The summed E-state index contributed by atoms with van der Waals surface area (Å²) in [4.78, 5) is 14.7. The molecule has 0 radical (unpaired) electrons. The fourth-order valence-corrected chi connectivity index (χ4v) is 1.21. The van der Waals surface area contributed by atoms with Gasteiger partial charge < -0.3 is 11.1 Å². The quantitative estimate of drug-likeness (QED) is 0.570. The van der Waals surface area contributed by atoms with Crippen LogP contribution in [0.25, 0.3) is 0 Å². The minimum Gasteiger partial charge on any atom is -0.384 e. The topological polar surface area (TPSA) is 68.0 Å². The molecule has 0 bridgehead atoms. The summed E-state index contributed by atoms with van der Waals surface area (Å²) in [5.41, 5.74) is 7.30. The maximum atomic E-state index is 10.6. The average Bonchev–Trinajstić information content (AvgIpc) is 2.15. The van der Waals surface area contributed by atoms with Crippen LogP contribution in [0, 0.1) is 18.8 Å². The van der Waals surface area contributed by atoms with Crippen LogP contribution in [0.4, 0.5) is 5.82 Å². The van der Waals surface area contributed by atoms with Crippen molar-refractivity contribution in [3.63, 3.8) is 0 Å². The Bertz CT molecular complexity index is 423. The van der Waals surface area contributed by atoms with Gasteiger partial charge in [0.25, 0.3) is 0 Å². The van der Waals surface area contributed by atoms with E-state index in [1.165, 1.54) is 6.92 Å². The molecule has 0 spiro atoms. The van der Waals surface area contributed by atoms with E-state index < -0.39 is 0 Å². The SMILES string of the molecule is CC(=O)NCCC#Cc1cc(C)cc(N)n1. The summed E-state index contributed by atoms with van der Waals surface area (Å²) >= 11 is 0. The van der Waals surface area contributed by atoms with Crippen LogP contribution < -0.4 is 11.1 Å². The highest BCUT2D eigenvalue weighted by Crippen LogP contribution is 2.04. The third-order valence-corrected chi connectivity index (χ3v) is 1.83. The summed E-state index contributed by atoms with van der Waals surface area (Å²) in [7, 11) is 0. The van der Waals surface area contributed by atoms with E-state index in [1.807, 2.05) is 13.0 Å². The van der Waals surface area contributed by atoms with Gasteiger partial charge in [0.2, 0.25) is 5.91 Å². The molecule has 0 aliphatic carbocycles. The van der Waals surface area contributed by atoms with Gasteiger partial charge in [-0.05, 0) is 30.5 Å². The molecule has 1 heterocycles. The Morgan fingerprint density at radius 1 is 1.56 bits per heavy atom. The summed E-state index contributed by atoms with van der Waals surface area (Å²) < 4.78 is 0. The van der Waals surface area contributed by atoms with Crippen LogP contribution in [-0.2, 0) is 4.79 Å². The number of carbonyl (C=O) groups is 1. The molecule has 1 aromatic heterocycles. The van der Waals surface area contributed by atoms with E-state index in [2.05, 4.69) is 22.1 Å². The Hall–Kier alpha value is -2.02. The number of carbonyl (C=O) groups excluding carboxylic acids is 1. The molecule has 0 unspecified atom stereocenters. The lowest BCUT2D eigenvalue weighted by atomic mass is 10.2. The molecule has 1 amide bonds. The summed E-state index contributed by atoms with van der Waals surface area (Å²) in [5, 5.41) is 2.67. The average molecular weight is 217 g/mol. The van der Waals surface area contributed by atoms with E-state index in [1.54, 1.807) is 6.07 Å². The van der Waals surface area contributed by atoms with Crippen molar-refractivity contribution in [2.75, 3.05) is 12.3 Å². The molecule has 4 nitrogen and oxygen atoms in total.